The van der Waals surface area contributed by atoms with Crippen LogP contribution < -0.4 is 11.5 Å². The number of aliphatic hydroxyl groups excluding tert-OH is 1. The summed E-state index contributed by atoms with van der Waals surface area (Å²) >= 11 is 0. The third-order valence-corrected chi connectivity index (χ3v) is 1.53. The first-order valence-electron chi connectivity index (χ1n) is 3.90. The van der Waals surface area contributed by atoms with E-state index in [4.69, 9.17) is 11.5 Å². The third kappa shape index (κ3) is 5.45. The van der Waals surface area contributed by atoms with Gasteiger partial charge in [0.2, 0.25) is 0 Å². The van der Waals surface area contributed by atoms with Crippen LogP contribution in [-0.4, -0.2) is 42.3 Å². The molecule has 0 saturated carbocycles. The molecule has 0 aromatic rings. The van der Waals surface area contributed by atoms with Crippen LogP contribution in [0, 0.1) is 0 Å². The molecule has 0 aromatic heterocycles. The Labute approximate surface area is 72.3 Å². The summed E-state index contributed by atoms with van der Waals surface area (Å²) < 4.78 is 4.68. The van der Waals surface area contributed by atoms with E-state index in [-0.39, 0.29) is 19.4 Å². The number of hydrogen-bond acceptors (Lipinski definition) is 5. The minimum absolute atomic E-state index is 0.0814. The topological polar surface area (TPSA) is 102 Å². The molecule has 0 aliphatic heterocycles. The Morgan fingerprint density at radius 3 is 2.58 bits per heavy atom. The van der Waals surface area contributed by atoms with Gasteiger partial charge in [-0.05, 0) is 6.54 Å². The number of aliphatic hydroxyl groups is 2. The van der Waals surface area contributed by atoms with Gasteiger partial charge in [0.15, 0.2) is 0 Å². The van der Waals surface area contributed by atoms with E-state index in [9.17, 15) is 10.2 Å². The fraction of sp³-hybridized carbons (Fsp3) is 1.00. The predicted octanol–water partition coefficient (Wildman–Crippen LogP) is -1.62. The van der Waals surface area contributed by atoms with Crippen LogP contribution in [0.4, 0.5) is 0 Å². The SMILES string of the molecule is COCC(O)CC(N)(O)CCN. The van der Waals surface area contributed by atoms with Crippen molar-refractivity contribution in [2.24, 2.45) is 11.5 Å². The van der Waals surface area contributed by atoms with Crippen LogP contribution in [0.15, 0.2) is 0 Å². The predicted molar refractivity (Wildman–Crippen MR) is 45.3 cm³/mol. The molecule has 0 aliphatic carbocycles. The van der Waals surface area contributed by atoms with Gasteiger partial charge in [-0.3, -0.25) is 0 Å². The number of nitrogens with two attached hydrogens (primary N) is 2. The van der Waals surface area contributed by atoms with E-state index in [0.717, 1.165) is 0 Å². The summed E-state index contributed by atoms with van der Waals surface area (Å²) in [6.45, 7) is 0.469. The lowest BCUT2D eigenvalue weighted by atomic mass is 10.0. The van der Waals surface area contributed by atoms with Crippen molar-refractivity contribution in [2.75, 3.05) is 20.3 Å². The van der Waals surface area contributed by atoms with Gasteiger partial charge in [-0.25, -0.2) is 0 Å². The van der Waals surface area contributed by atoms with E-state index in [2.05, 4.69) is 4.74 Å². The second kappa shape index (κ2) is 5.45. The molecule has 2 atom stereocenters. The average molecular weight is 178 g/mol. The Bertz CT molecular complexity index is 119. The maximum Gasteiger partial charge on any atom is 0.117 e. The molecule has 6 N–H and O–H groups in total. The molecule has 74 valence electrons. The summed E-state index contributed by atoms with van der Waals surface area (Å²) in [6.07, 6.45) is -0.386. The van der Waals surface area contributed by atoms with Gasteiger partial charge in [0.05, 0.1) is 12.7 Å². The fourth-order valence-electron chi connectivity index (χ4n) is 1.01. The second-order valence-corrected chi connectivity index (χ2v) is 2.96. The zero-order chi connectivity index (χ0) is 9.61. The molecule has 0 fully saturated rings. The first-order valence-corrected chi connectivity index (χ1v) is 3.90. The van der Waals surface area contributed by atoms with Crippen LogP contribution in [0.1, 0.15) is 12.8 Å². The van der Waals surface area contributed by atoms with E-state index in [1.807, 2.05) is 0 Å². The highest BCUT2D eigenvalue weighted by Gasteiger charge is 2.23. The minimum atomic E-state index is -1.38. The number of ether oxygens (including phenoxy) is 1. The lowest BCUT2D eigenvalue weighted by Gasteiger charge is -2.24. The Balaban J connectivity index is 3.70. The van der Waals surface area contributed by atoms with Crippen molar-refractivity contribution in [1.82, 2.24) is 0 Å². The molecule has 0 rings (SSSR count). The molecule has 0 aromatic carbocycles. The molecule has 2 unspecified atom stereocenters. The summed E-state index contributed by atoms with van der Waals surface area (Å²) in [5, 5.41) is 18.6. The monoisotopic (exact) mass is 178 g/mol. The number of hydrogen-bond donors (Lipinski definition) is 4. The highest BCUT2D eigenvalue weighted by Crippen LogP contribution is 2.09. The molecule has 5 nitrogen and oxygen atoms in total. The van der Waals surface area contributed by atoms with Crippen LogP contribution in [0.5, 0.6) is 0 Å². The molecule has 0 spiro atoms. The molecule has 0 aliphatic rings. The third-order valence-electron chi connectivity index (χ3n) is 1.53. The van der Waals surface area contributed by atoms with Gasteiger partial charge in [0, 0.05) is 20.0 Å². The standard InChI is InChI=1S/C7H18N2O3/c1-12-5-6(10)4-7(9,11)2-3-8/h6,10-11H,2-5,8-9H2,1H3. The van der Waals surface area contributed by atoms with Crippen molar-refractivity contribution >= 4 is 0 Å². The molecule has 12 heavy (non-hydrogen) atoms. The summed E-state index contributed by atoms with van der Waals surface area (Å²) in [5.41, 5.74) is 9.25. The van der Waals surface area contributed by atoms with Crippen molar-refractivity contribution in [2.45, 2.75) is 24.7 Å². The largest absolute Gasteiger partial charge is 0.391 e. The van der Waals surface area contributed by atoms with Crippen molar-refractivity contribution in [3.8, 4) is 0 Å². The van der Waals surface area contributed by atoms with Crippen LogP contribution in [0.2, 0.25) is 0 Å². The second-order valence-electron chi connectivity index (χ2n) is 2.96. The zero-order valence-corrected chi connectivity index (χ0v) is 7.36. The van der Waals surface area contributed by atoms with E-state index in [1.165, 1.54) is 7.11 Å². The first-order chi connectivity index (χ1) is 5.52. The van der Waals surface area contributed by atoms with Gasteiger partial charge in [0.1, 0.15) is 5.72 Å². The molecule has 0 radical (unpaired) electrons. The number of methoxy groups -OCH3 is 1. The molecular formula is C7H18N2O3. The van der Waals surface area contributed by atoms with Gasteiger partial charge in [0.25, 0.3) is 0 Å². The average Bonchev–Trinajstić information content (AvgIpc) is 1.85. The van der Waals surface area contributed by atoms with Crippen LogP contribution >= 0.6 is 0 Å². The van der Waals surface area contributed by atoms with E-state index < -0.39 is 11.8 Å². The van der Waals surface area contributed by atoms with Crippen LogP contribution in [0.25, 0.3) is 0 Å². The van der Waals surface area contributed by atoms with Crippen LogP contribution in [0.3, 0.4) is 0 Å². The van der Waals surface area contributed by atoms with Gasteiger partial charge in [-0.1, -0.05) is 0 Å². The molecule has 0 bridgehead atoms. The summed E-state index contributed by atoms with van der Waals surface area (Å²) in [6, 6.07) is 0. The van der Waals surface area contributed by atoms with E-state index in [1.54, 1.807) is 0 Å². The molecule has 5 heteroatoms. The lowest BCUT2D eigenvalue weighted by molar-refractivity contribution is -0.0325. The first kappa shape index (κ1) is 11.8. The van der Waals surface area contributed by atoms with E-state index in [0.29, 0.717) is 6.54 Å². The highest BCUT2D eigenvalue weighted by molar-refractivity contribution is 4.75. The number of rotatable bonds is 6. The Morgan fingerprint density at radius 2 is 2.17 bits per heavy atom. The zero-order valence-electron chi connectivity index (χ0n) is 7.36. The minimum Gasteiger partial charge on any atom is -0.391 e. The Hall–Kier alpha value is -0.200. The Kier molecular flexibility index (Phi) is 5.36. The quantitative estimate of drug-likeness (QED) is 0.366. The molecule has 0 amide bonds. The Morgan fingerprint density at radius 1 is 1.58 bits per heavy atom. The van der Waals surface area contributed by atoms with Crippen molar-refractivity contribution in [3.05, 3.63) is 0 Å². The normalized spacial score (nSPS) is 18.8. The van der Waals surface area contributed by atoms with Gasteiger partial charge in [-0.15, -0.1) is 0 Å². The molecular weight excluding hydrogens is 160 g/mol. The summed E-state index contributed by atoms with van der Waals surface area (Å²) in [7, 11) is 1.47. The summed E-state index contributed by atoms with van der Waals surface area (Å²) in [5.74, 6) is 0. The van der Waals surface area contributed by atoms with Gasteiger partial charge in [-0.2, -0.15) is 0 Å². The van der Waals surface area contributed by atoms with Gasteiger partial charge < -0.3 is 26.4 Å². The smallest absolute Gasteiger partial charge is 0.117 e. The van der Waals surface area contributed by atoms with Gasteiger partial charge >= 0.3 is 0 Å². The fourth-order valence-corrected chi connectivity index (χ4v) is 1.01. The van der Waals surface area contributed by atoms with Crippen molar-refractivity contribution in [1.29, 1.82) is 0 Å². The van der Waals surface area contributed by atoms with Crippen molar-refractivity contribution < 1.29 is 14.9 Å². The summed E-state index contributed by atoms with van der Waals surface area (Å²) in [4.78, 5) is 0. The van der Waals surface area contributed by atoms with Crippen LogP contribution in [-0.2, 0) is 4.74 Å². The maximum atomic E-state index is 9.39. The maximum absolute atomic E-state index is 9.39. The highest BCUT2D eigenvalue weighted by atomic mass is 16.5. The molecule has 0 heterocycles. The van der Waals surface area contributed by atoms with Crippen molar-refractivity contribution in [3.63, 3.8) is 0 Å². The van der Waals surface area contributed by atoms with E-state index >= 15 is 0 Å². The lowest BCUT2D eigenvalue weighted by Crippen LogP contribution is -2.45. The molecule has 0 saturated heterocycles.